The molecule has 7 nitrogen and oxygen atoms in total. The van der Waals surface area contributed by atoms with E-state index in [2.05, 4.69) is 14.9 Å². The van der Waals surface area contributed by atoms with Crippen LogP contribution in [0.2, 0.25) is 0 Å². The highest BCUT2D eigenvalue weighted by Crippen LogP contribution is 2.34. The number of hydrogen-bond donors (Lipinski definition) is 2. The molecule has 1 aromatic carbocycles. The maximum Gasteiger partial charge on any atom is 0.442 e. The predicted molar refractivity (Wildman–Crippen MR) is 87.6 cm³/mol. The molecule has 0 radical (unpaired) electrons. The van der Waals surface area contributed by atoms with E-state index in [-0.39, 0.29) is 17.3 Å². The van der Waals surface area contributed by atoms with Gasteiger partial charge in [-0.15, -0.1) is 10.2 Å². The summed E-state index contributed by atoms with van der Waals surface area (Å²) in [6.45, 7) is 2.45. The Labute approximate surface area is 154 Å². The topological polar surface area (TPSA) is 93.2 Å². The highest BCUT2D eigenvalue weighted by atomic mass is 32.1. The SMILES string of the molecule is CCOC(=O)[C@](NC(=O)c1ccc(F)cc1)(Nc1nnc(C)s1)C(F)(F)F. The van der Waals surface area contributed by atoms with Crippen molar-refractivity contribution in [3.8, 4) is 0 Å². The Hall–Kier alpha value is -2.76. The van der Waals surface area contributed by atoms with Crippen molar-refractivity contribution in [3.63, 3.8) is 0 Å². The minimum atomic E-state index is -5.30. The van der Waals surface area contributed by atoms with E-state index in [1.807, 2.05) is 5.32 Å². The van der Waals surface area contributed by atoms with Crippen molar-refractivity contribution >= 4 is 28.3 Å². The maximum atomic E-state index is 13.9. The molecule has 2 aromatic rings. The van der Waals surface area contributed by atoms with Crippen LogP contribution in [0, 0.1) is 12.7 Å². The zero-order valence-corrected chi connectivity index (χ0v) is 14.9. The Balaban J connectivity index is 2.46. The summed E-state index contributed by atoms with van der Waals surface area (Å²) in [6, 6.07) is 3.75. The number of anilines is 1. The molecule has 0 bridgehead atoms. The number of esters is 1. The number of rotatable bonds is 6. The number of halogens is 4. The number of nitrogens with one attached hydrogen (secondary N) is 2. The summed E-state index contributed by atoms with van der Waals surface area (Å²) in [4.78, 5) is 24.5. The van der Waals surface area contributed by atoms with E-state index >= 15 is 0 Å². The fraction of sp³-hybridized carbons (Fsp3) is 0.333. The number of aryl methyl sites for hydroxylation is 1. The molecule has 27 heavy (non-hydrogen) atoms. The Morgan fingerprint density at radius 1 is 1.19 bits per heavy atom. The predicted octanol–water partition coefficient (Wildman–Crippen LogP) is 2.65. The number of benzene rings is 1. The maximum absolute atomic E-state index is 13.9. The first-order valence-electron chi connectivity index (χ1n) is 7.49. The number of aromatic nitrogens is 2. The number of ether oxygens (including phenoxy) is 1. The smallest absolute Gasteiger partial charge is 0.442 e. The summed E-state index contributed by atoms with van der Waals surface area (Å²) in [5, 5.41) is 10.6. The molecule has 1 amide bonds. The van der Waals surface area contributed by atoms with Gasteiger partial charge in [-0.2, -0.15) is 13.2 Å². The van der Waals surface area contributed by atoms with Crippen LogP contribution in [0.15, 0.2) is 24.3 Å². The van der Waals surface area contributed by atoms with Gasteiger partial charge in [-0.25, -0.2) is 9.18 Å². The number of alkyl halides is 3. The largest absolute Gasteiger partial charge is 0.463 e. The fourth-order valence-corrected chi connectivity index (χ4v) is 2.63. The first-order valence-corrected chi connectivity index (χ1v) is 8.31. The zero-order chi connectivity index (χ0) is 20.2. The van der Waals surface area contributed by atoms with E-state index in [4.69, 9.17) is 0 Å². The van der Waals surface area contributed by atoms with Crippen LogP contribution in [0.1, 0.15) is 22.3 Å². The molecule has 12 heteroatoms. The summed E-state index contributed by atoms with van der Waals surface area (Å²) in [5.41, 5.74) is -3.90. The van der Waals surface area contributed by atoms with Gasteiger partial charge in [0.2, 0.25) is 5.13 Å². The van der Waals surface area contributed by atoms with Crippen LogP contribution < -0.4 is 10.6 Å². The van der Waals surface area contributed by atoms with Gasteiger partial charge in [0.05, 0.1) is 6.61 Å². The molecule has 0 saturated heterocycles. The van der Waals surface area contributed by atoms with Crippen LogP contribution in [0.3, 0.4) is 0 Å². The van der Waals surface area contributed by atoms with E-state index in [1.54, 1.807) is 5.32 Å². The average molecular weight is 406 g/mol. The van der Waals surface area contributed by atoms with Crippen molar-refractivity contribution < 1.29 is 31.9 Å². The van der Waals surface area contributed by atoms with Gasteiger partial charge >= 0.3 is 17.8 Å². The molecule has 0 aliphatic rings. The van der Waals surface area contributed by atoms with E-state index < -0.39 is 29.5 Å². The van der Waals surface area contributed by atoms with Crippen molar-refractivity contribution in [2.45, 2.75) is 25.7 Å². The molecular weight excluding hydrogens is 392 g/mol. The second kappa shape index (κ2) is 7.86. The summed E-state index contributed by atoms with van der Waals surface area (Å²) in [6.07, 6.45) is -5.30. The van der Waals surface area contributed by atoms with Gasteiger partial charge in [0.15, 0.2) is 0 Å². The second-order valence-electron chi connectivity index (χ2n) is 5.18. The first kappa shape index (κ1) is 20.6. The van der Waals surface area contributed by atoms with Crippen molar-refractivity contribution in [1.82, 2.24) is 15.5 Å². The third kappa shape index (κ3) is 4.51. The van der Waals surface area contributed by atoms with Crippen LogP contribution in [0.5, 0.6) is 0 Å². The number of hydrogen-bond acceptors (Lipinski definition) is 7. The molecule has 0 aliphatic heterocycles. The van der Waals surface area contributed by atoms with Crippen molar-refractivity contribution in [2.24, 2.45) is 0 Å². The lowest BCUT2D eigenvalue weighted by molar-refractivity contribution is -0.204. The molecule has 1 heterocycles. The molecule has 146 valence electrons. The molecular formula is C15H14F4N4O3S. The van der Waals surface area contributed by atoms with Crippen molar-refractivity contribution in [3.05, 3.63) is 40.7 Å². The Morgan fingerprint density at radius 3 is 2.30 bits per heavy atom. The molecule has 0 aliphatic carbocycles. The van der Waals surface area contributed by atoms with Gasteiger partial charge < -0.3 is 15.4 Å². The third-order valence-electron chi connectivity index (χ3n) is 3.23. The lowest BCUT2D eigenvalue weighted by atomic mass is 10.1. The first-order chi connectivity index (χ1) is 12.6. The summed E-state index contributed by atoms with van der Waals surface area (Å²) in [5.74, 6) is -3.73. The molecule has 0 fully saturated rings. The van der Waals surface area contributed by atoms with E-state index in [9.17, 15) is 27.2 Å². The molecule has 1 atom stereocenters. The highest BCUT2D eigenvalue weighted by molar-refractivity contribution is 7.15. The Kier molecular flexibility index (Phi) is 5.98. The van der Waals surface area contributed by atoms with Crippen LogP contribution >= 0.6 is 11.3 Å². The molecule has 1 aromatic heterocycles. The van der Waals surface area contributed by atoms with Gasteiger partial charge in [0.1, 0.15) is 10.8 Å². The van der Waals surface area contributed by atoms with Gasteiger partial charge in [0.25, 0.3) is 5.91 Å². The fourth-order valence-electron chi connectivity index (χ4n) is 1.98. The van der Waals surface area contributed by atoms with Gasteiger partial charge in [-0.1, -0.05) is 11.3 Å². The van der Waals surface area contributed by atoms with E-state index in [0.29, 0.717) is 5.01 Å². The monoisotopic (exact) mass is 406 g/mol. The molecule has 0 spiro atoms. The van der Waals surface area contributed by atoms with Gasteiger partial charge in [-0.05, 0) is 38.1 Å². The van der Waals surface area contributed by atoms with Gasteiger partial charge in [-0.3, -0.25) is 4.79 Å². The average Bonchev–Trinajstić information content (AvgIpc) is 2.98. The standard InChI is InChI=1S/C15H14F4N4O3S/c1-3-26-12(25)14(15(17,18)19,21-13-23-22-8(2)27-13)20-11(24)9-4-6-10(16)7-5-9/h4-7H,3H2,1-2H3,(H,20,24)(H,21,23)/t14-/m0/s1. The van der Waals surface area contributed by atoms with Crippen LogP contribution in [-0.4, -0.2) is 40.5 Å². The lowest BCUT2D eigenvalue weighted by Gasteiger charge is -2.34. The molecule has 0 unspecified atom stereocenters. The van der Waals surface area contributed by atoms with E-state index in [1.165, 1.54) is 13.8 Å². The van der Waals surface area contributed by atoms with Crippen LogP contribution in [0.4, 0.5) is 22.7 Å². The Bertz CT molecular complexity index is 825. The molecule has 0 saturated carbocycles. The van der Waals surface area contributed by atoms with Crippen molar-refractivity contribution in [2.75, 3.05) is 11.9 Å². The Morgan fingerprint density at radius 2 is 1.81 bits per heavy atom. The third-order valence-corrected chi connectivity index (χ3v) is 3.99. The summed E-state index contributed by atoms with van der Waals surface area (Å²) >= 11 is 0.749. The van der Waals surface area contributed by atoms with Gasteiger partial charge in [0, 0.05) is 5.56 Å². The number of carbonyl (C=O) groups is 2. The number of nitrogens with zero attached hydrogens (tertiary/aromatic N) is 2. The second-order valence-corrected chi connectivity index (χ2v) is 6.36. The lowest BCUT2D eigenvalue weighted by Crippen LogP contribution is -2.69. The molecule has 2 N–H and O–H groups in total. The zero-order valence-electron chi connectivity index (χ0n) is 14.1. The highest BCUT2D eigenvalue weighted by Gasteiger charge is 2.64. The minimum absolute atomic E-state index is 0.287. The van der Waals surface area contributed by atoms with Crippen LogP contribution in [0.25, 0.3) is 0 Å². The molecule has 2 rings (SSSR count). The summed E-state index contributed by atoms with van der Waals surface area (Å²) in [7, 11) is 0. The quantitative estimate of drug-likeness (QED) is 0.435. The van der Waals surface area contributed by atoms with Crippen molar-refractivity contribution in [1.29, 1.82) is 0 Å². The number of carbonyl (C=O) groups excluding carboxylic acids is 2. The van der Waals surface area contributed by atoms with E-state index in [0.717, 1.165) is 35.6 Å². The summed E-state index contributed by atoms with van der Waals surface area (Å²) < 4.78 is 59.2. The van der Waals surface area contributed by atoms with Crippen LogP contribution in [-0.2, 0) is 9.53 Å². The number of amides is 1. The minimum Gasteiger partial charge on any atom is -0.463 e. The normalized spacial score (nSPS) is 13.6.